The van der Waals surface area contributed by atoms with Gasteiger partial charge in [0.05, 0.1) is 6.10 Å². The van der Waals surface area contributed by atoms with Gasteiger partial charge in [0.2, 0.25) is 0 Å². The average Bonchev–Trinajstić information content (AvgIpc) is 2.79. The molecule has 2 nitrogen and oxygen atoms in total. The Kier molecular flexibility index (Phi) is 1.80. The third kappa shape index (κ3) is 0.887. The van der Waals surface area contributed by atoms with Crippen molar-refractivity contribution in [2.45, 2.75) is 31.8 Å². The van der Waals surface area contributed by atoms with E-state index in [1.54, 1.807) is 0 Å². The van der Waals surface area contributed by atoms with Gasteiger partial charge in [-0.2, -0.15) is 0 Å². The molecule has 2 N–H and O–H groups in total. The quantitative estimate of drug-likeness (QED) is 0.651. The van der Waals surface area contributed by atoms with Crippen molar-refractivity contribution >= 4 is 0 Å². The Bertz CT molecular complexity index is 273. The van der Waals surface area contributed by atoms with Gasteiger partial charge in [0.25, 0.3) is 0 Å². The van der Waals surface area contributed by atoms with E-state index in [1.165, 1.54) is 19.3 Å². The predicted molar refractivity (Wildman–Crippen MR) is 53.6 cm³/mol. The lowest BCUT2D eigenvalue weighted by molar-refractivity contribution is 0.0341. The maximum Gasteiger partial charge on any atom is 0.0760 e. The highest BCUT2D eigenvalue weighted by molar-refractivity contribution is 5.24. The smallest absolute Gasteiger partial charge is 0.0760 e. The molecule has 3 aliphatic rings. The van der Waals surface area contributed by atoms with E-state index in [-0.39, 0.29) is 18.1 Å². The number of allylic oxidation sites excluding steroid dienone is 1. The van der Waals surface area contributed by atoms with Crippen LogP contribution in [0.2, 0.25) is 0 Å². The highest BCUT2D eigenvalue weighted by Crippen LogP contribution is 2.65. The van der Waals surface area contributed by atoms with Gasteiger partial charge in [-0.15, -0.1) is 0 Å². The van der Waals surface area contributed by atoms with Gasteiger partial charge in [-0.1, -0.05) is 12.2 Å². The lowest BCUT2D eigenvalue weighted by Gasteiger charge is -2.39. The number of hydrogen-bond donors (Lipinski definition) is 2. The first kappa shape index (κ1) is 8.93. The molecule has 5 atom stereocenters. The third-order valence-corrected chi connectivity index (χ3v) is 4.88. The van der Waals surface area contributed by atoms with Gasteiger partial charge in [0.15, 0.2) is 0 Å². The topological polar surface area (TPSA) is 40.5 Å². The summed E-state index contributed by atoms with van der Waals surface area (Å²) in [6, 6.07) is 0. The molecule has 0 amide bonds. The van der Waals surface area contributed by atoms with Gasteiger partial charge in [-0.3, -0.25) is 0 Å². The molecular formula is C12H18O2. The van der Waals surface area contributed by atoms with Crippen molar-refractivity contribution < 1.29 is 10.2 Å². The van der Waals surface area contributed by atoms with Crippen molar-refractivity contribution in [2.24, 2.45) is 23.2 Å². The second-order valence-electron chi connectivity index (χ2n) is 5.23. The highest BCUT2D eigenvalue weighted by atomic mass is 16.3. The van der Waals surface area contributed by atoms with Crippen LogP contribution in [0.25, 0.3) is 0 Å². The summed E-state index contributed by atoms with van der Waals surface area (Å²) in [6.45, 7) is 0.261. The molecule has 2 fully saturated rings. The summed E-state index contributed by atoms with van der Waals surface area (Å²) in [5.41, 5.74) is 0.164. The first-order valence-corrected chi connectivity index (χ1v) is 5.76. The normalized spacial score (nSPS) is 54.1. The van der Waals surface area contributed by atoms with E-state index >= 15 is 0 Å². The summed E-state index contributed by atoms with van der Waals surface area (Å²) in [6.07, 6.45) is 8.67. The van der Waals surface area contributed by atoms with Crippen LogP contribution in [0.3, 0.4) is 0 Å². The largest absolute Gasteiger partial charge is 0.396 e. The number of rotatable bonds is 2. The molecule has 2 heteroatoms. The second kappa shape index (κ2) is 2.83. The molecule has 0 spiro atoms. The predicted octanol–water partition coefficient (Wildman–Crippen LogP) is 1.33. The average molecular weight is 194 g/mol. The van der Waals surface area contributed by atoms with Gasteiger partial charge >= 0.3 is 0 Å². The summed E-state index contributed by atoms with van der Waals surface area (Å²) in [7, 11) is 0. The van der Waals surface area contributed by atoms with E-state index in [0.29, 0.717) is 5.92 Å². The van der Waals surface area contributed by atoms with E-state index < -0.39 is 0 Å². The molecule has 2 bridgehead atoms. The van der Waals surface area contributed by atoms with Crippen LogP contribution in [0, 0.1) is 23.2 Å². The monoisotopic (exact) mass is 194 g/mol. The number of hydrogen-bond acceptors (Lipinski definition) is 2. The maximum atomic E-state index is 9.94. The standard InChI is InChI=1S/C12H18O2/c13-6-5-12-4-3-10(14)11(12)8-1-2-9(12)7-8/h3-4,8-11,13-14H,1-2,5-7H2. The highest BCUT2D eigenvalue weighted by Gasteiger charge is 2.60. The van der Waals surface area contributed by atoms with Crippen LogP contribution in [-0.4, -0.2) is 22.9 Å². The summed E-state index contributed by atoms with van der Waals surface area (Å²) in [4.78, 5) is 0. The fourth-order valence-corrected chi connectivity index (χ4v) is 4.43. The fraction of sp³-hybridized carbons (Fsp3) is 0.833. The Morgan fingerprint density at radius 3 is 3.00 bits per heavy atom. The van der Waals surface area contributed by atoms with Crippen molar-refractivity contribution in [3.63, 3.8) is 0 Å². The summed E-state index contributed by atoms with van der Waals surface area (Å²) < 4.78 is 0. The van der Waals surface area contributed by atoms with Gasteiger partial charge in [-0.25, -0.2) is 0 Å². The number of fused-ring (bicyclic) bond motifs is 5. The Morgan fingerprint density at radius 1 is 1.36 bits per heavy atom. The molecule has 0 saturated heterocycles. The van der Waals surface area contributed by atoms with Gasteiger partial charge < -0.3 is 10.2 Å². The Balaban J connectivity index is 1.97. The summed E-state index contributed by atoms with van der Waals surface area (Å²) in [5, 5.41) is 19.1. The van der Waals surface area contributed by atoms with E-state index in [4.69, 9.17) is 5.11 Å². The molecule has 0 heterocycles. The zero-order valence-electron chi connectivity index (χ0n) is 8.39. The second-order valence-corrected chi connectivity index (χ2v) is 5.23. The van der Waals surface area contributed by atoms with Gasteiger partial charge in [-0.05, 0) is 42.9 Å². The van der Waals surface area contributed by atoms with Crippen LogP contribution in [0.4, 0.5) is 0 Å². The van der Waals surface area contributed by atoms with Crippen LogP contribution >= 0.6 is 0 Å². The minimum atomic E-state index is -0.239. The minimum absolute atomic E-state index is 0.164. The number of aliphatic hydroxyl groups excluding tert-OH is 2. The molecule has 14 heavy (non-hydrogen) atoms. The van der Waals surface area contributed by atoms with Crippen molar-refractivity contribution in [2.75, 3.05) is 6.61 Å². The Labute approximate surface area is 84.6 Å². The van der Waals surface area contributed by atoms with Crippen LogP contribution in [0.15, 0.2) is 12.2 Å². The molecule has 0 radical (unpaired) electrons. The lowest BCUT2D eigenvalue weighted by atomic mass is 9.66. The van der Waals surface area contributed by atoms with Crippen LogP contribution < -0.4 is 0 Å². The Morgan fingerprint density at radius 2 is 2.21 bits per heavy atom. The molecule has 0 aliphatic heterocycles. The first-order chi connectivity index (χ1) is 6.78. The minimum Gasteiger partial charge on any atom is -0.396 e. The van der Waals surface area contributed by atoms with E-state index in [9.17, 15) is 5.11 Å². The van der Waals surface area contributed by atoms with Crippen molar-refractivity contribution in [1.82, 2.24) is 0 Å². The maximum absolute atomic E-state index is 9.94. The third-order valence-electron chi connectivity index (χ3n) is 4.88. The van der Waals surface area contributed by atoms with Gasteiger partial charge in [0, 0.05) is 12.5 Å². The van der Waals surface area contributed by atoms with E-state index in [1.807, 2.05) is 6.08 Å². The van der Waals surface area contributed by atoms with Crippen molar-refractivity contribution in [3.05, 3.63) is 12.2 Å². The molecule has 0 aromatic heterocycles. The molecule has 3 rings (SSSR count). The van der Waals surface area contributed by atoms with E-state index in [0.717, 1.165) is 18.3 Å². The molecule has 5 unspecified atom stereocenters. The van der Waals surface area contributed by atoms with E-state index in [2.05, 4.69) is 6.08 Å². The van der Waals surface area contributed by atoms with Crippen molar-refractivity contribution in [1.29, 1.82) is 0 Å². The Hall–Kier alpha value is -0.340. The first-order valence-electron chi connectivity index (χ1n) is 5.76. The van der Waals surface area contributed by atoms with Crippen LogP contribution in [0.1, 0.15) is 25.7 Å². The molecule has 0 aromatic carbocycles. The molecular weight excluding hydrogens is 176 g/mol. The summed E-state index contributed by atoms with van der Waals surface area (Å²) >= 11 is 0. The van der Waals surface area contributed by atoms with Crippen LogP contribution in [-0.2, 0) is 0 Å². The summed E-state index contributed by atoms with van der Waals surface area (Å²) in [5.74, 6) is 1.88. The molecule has 0 aromatic rings. The van der Waals surface area contributed by atoms with Crippen LogP contribution in [0.5, 0.6) is 0 Å². The zero-order chi connectivity index (χ0) is 9.76. The molecule has 78 valence electrons. The lowest BCUT2D eigenvalue weighted by Crippen LogP contribution is -2.37. The SMILES string of the molecule is OCCC12C=CC(O)C1C1CCC2C1. The fourth-order valence-electron chi connectivity index (χ4n) is 4.43. The zero-order valence-corrected chi connectivity index (χ0v) is 8.39. The molecule has 2 saturated carbocycles. The number of aliphatic hydroxyl groups is 2. The molecule has 3 aliphatic carbocycles. The van der Waals surface area contributed by atoms with Gasteiger partial charge in [0.1, 0.15) is 0 Å². The van der Waals surface area contributed by atoms with Crippen molar-refractivity contribution in [3.8, 4) is 0 Å².